The number of hydrogen-bond donors (Lipinski definition) is 1. The molecule has 7 heteroatoms. The number of nitriles is 1. The molecule has 1 fully saturated rings. The number of carbonyl (C=O) groups excluding carboxylic acids is 1. The summed E-state index contributed by atoms with van der Waals surface area (Å²) >= 11 is 0. The number of carbonyl (C=O) groups is 1. The van der Waals surface area contributed by atoms with Gasteiger partial charge in [-0.1, -0.05) is 0 Å². The minimum absolute atomic E-state index is 0.239. The Balaban J connectivity index is 1.77. The van der Waals surface area contributed by atoms with E-state index in [1.54, 1.807) is 24.3 Å². The molecule has 1 aliphatic rings. The summed E-state index contributed by atoms with van der Waals surface area (Å²) in [5.41, 5.74) is 3.14. The molecule has 2 heterocycles. The summed E-state index contributed by atoms with van der Waals surface area (Å²) in [5, 5.41) is 11.7. The van der Waals surface area contributed by atoms with Crippen molar-refractivity contribution in [2.75, 3.05) is 43.4 Å². The Morgan fingerprint density at radius 2 is 1.65 bits per heavy atom. The average molecular weight is 350 g/mol. The smallest absolute Gasteiger partial charge is 0.255 e. The molecule has 1 N–H and O–H groups in total. The van der Waals surface area contributed by atoms with Crippen LogP contribution in [0.3, 0.4) is 0 Å². The molecule has 26 heavy (non-hydrogen) atoms. The van der Waals surface area contributed by atoms with E-state index < -0.39 is 0 Å². The van der Waals surface area contributed by atoms with Gasteiger partial charge in [-0.2, -0.15) is 5.26 Å². The molecular formula is C19H22N6O. The highest BCUT2D eigenvalue weighted by Gasteiger charge is 2.19. The molecule has 1 saturated heterocycles. The molecule has 0 saturated carbocycles. The molecule has 2 aromatic rings. The Kier molecular flexibility index (Phi) is 5.14. The molecule has 1 aliphatic heterocycles. The van der Waals surface area contributed by atoms with Crippen molar-refractivity contribution in [3.8, 4) is 6.07 Å². The number of nitrogens with zero attached hydrogens (tertiary/aromatic N) is 5. The van der Waals surface area contributed by atoms with Gasteiger partial charge in [0.1, 0.15) is 0 Å². The maximum Gasteiger partial charge on any atom is 0.255 e. The van der Waals surface area contributed by atoms with Crippen molar-refractivity contribution in [3.63, 3.8) is 0 Å². The zero-order chi connectivity index (χ0) is 18.7. The second-order valence-corrected chi connectivity index (χ2v) is 6.50. The first-order chi connectivity index (χ1) is 12.5. The number of amides is 1. The fourth-order valence-electron chi connectivity index (χ4n) is 2.91. The molecule has 0 spiro atoms. The number of benzene rings is 1. The number of piperazine rings is 1. The minimum Gasteiger partial charge on any atom is -0.338 e. The van der Waals surface area contributed by atoms with Gasteiger partial charge in [0.05, 0.1) is 28.7 Å². The summed E-state index contributed by atoms with van der Waals surface area (Å²) in [6.07, 6.45) is 0. The molecule has 0 atom stereocenters. The zero-order valence-electron chi connectivity index (χ0n) is 15.3. The van der Waals surface area contributed by atoms with Gasteiger partial charge < -0.3 is 15.1 Å². The predicted octanol–water partition coefficient (Wildman–Crippen LogP) is 1.97. The standard InChI is InChI=1S/C19H22N6O/c1-13-17(23-18(26)16-6-4-15(12-20)5-7-16)14(2)22-19(21-13)25-10-8-24(3)9-11-25/h4-7H,8-11H2,1-3H3,(H,23,26). The maximum absolute atomic E-state index is 12.5. The lowest BCUT2D eigenvalue weighted by molar-refractivity contribution is 0.102. The molecule has 0 aliphatic carbocycles. The Morgan fingerprint density at radius 3 is 2.19 bits per heavy atom. The van der Waals surface area contributed by atoms with Gasteiger partial charge in [-0.25, -0.2) is 9.97 Å². The molecule has 3 rings (SSSR count). The van der Waals surface area contributed by atoms with Crippen molar-refractivity contribution < 1.29 is 4.79 Å². The van der Waals surface area contributed by atoms with Crippen LogP contribution in [0.1, 0.15) is 27.3 Å². The summed E-state index contributed by atoms with van der Waals surface area (Å²) in [7, 11) is 2.11. The van der Waals surface area contributed by atoms with Gasteiger partial charge in [-0.05, 0) is 45.2 Å². The fourth-order valence-corrected chi connectivity index (χ4v) is 2.91. The predicted molar refractivity (Wildman–Crippen MR) is 100 cm³/mol. The van der Waals surface area contributed by atoms with E-state index in [1.165, 1.54) is 0 Å². The average Bonchev–Trinajstić information content (AvgIpc) is 2.65. The van der Waals surface area contributed by atoms with E-state index >= 15 is 0 Å². The van der Waals surface area contributed by atoms with E-state index in [9.17, 15) is 4.79 Å². The van der Waals surface area contributed by atoms with Crippen LogP contribution in [-0.4, -0.2) is 54.0 Å². The van der Waals surface area contributed by atoms with Crippen LogP contribution in [0.25, 0.3) is 0 Å². The third kappa shape index (κ3) is 3.81. The topological polar surface area (TPSA) is 85.2 Å². The molecule has 0 unspecified atom stereocenters. The SMILES string of the molecule is Cc1nc(N2CCN(C)CC2)nc(C)c1NC(=O)c1ccc(C#N)cc1. The van der Waals surface area contributed by atoms with Crippen LogP contribution in [0.5, 0.6) is 0 Å². The largest absolute Gasteiger partial charge is 0.338 e. The van der Waals surface area contributed by atoms with Gasteiger partial charge in [0, 0.05) is 31.7 Å². The lowest BCUT2D eigenvalue weighted by Gasteiger charge is -2.32. The molecule has 134 valence electrons. The molecule has 1 amide bonds. The molecule has 0 bridgehead atoms. The Hall–Kier alpha value is -2.98. The first-order valence-corrected chi connectivity index (χ1v) is 8.58. The van der Waals surface area contributed by atoms with Gasteiger partial charge in [0.25, 0.3) is 5.91 Å². The summed E-state index contributed by atoms with van der Waals surface area (Å²) in [5.74, 6) is 0.473. The number of aromatic nitrogens is 2. The van der Waals surface area contributed by atoms with E-state index in [1.807, 2.05) is 19.9 Å². The summed E-state index contributed by atoms with van der Waals surface area (Å²) in [6, 6.07) is 8.57. The lowest BCUT2D eigenvalue weighted by atomic mass is 10.1. The van der Waals surface area contributed by atoms with Crippen molar-refractivity contribution in [3.05, 3.63) is 46.8 Å². The van der Waals surface area contributed by atoms with Crippen LogP contribution in [-0.2, 0) is 0 Å². The van der Waals surface area contributed by atoms with Crippen LogP contribution >= 0.6 is 0 Å². The van der Waals surface area contributed by atoms with Crippen molar-refractivity contribution >= 4 is 17.5 Å². The maximum atomic E-state index is 12.5. The van der Waals surface area contributed by atoms with E-state index in [-0.39, 0.29) is 5.91 Å². The van der Waals surface area contributed by atoms with E-state index in [2.05, 4.69) is 32.1 Å². The van der Waals surface area contributed by atoms with Gasteiger partial charge in [0.2, 0.25) is 5.95 Å². The number of aryl methyl sites for hydroxylation is 2. The number of anilines is 2. The minimum atomic E-state index is -0.239. The van der Waals surface area contributed by atoms with E-state index in [4.69, 9.17) is 5.26 Å². The molecule has 1 aromatic carbocycles. The van der Waals surface area contributed by atoms with Gasteiger partial charge in [-0.3, -0.25) is 4.79 Å². The highest BCUT2D eigenvalue weighted by Crippen LogP contribution is 2.22. The number of hydrogen-bond acceptors (Lipinski definition) is 6. The number of nitrogens with one attached hydrogen (secondary N) is 1. The quantitative estimate of drug-likeness (QED) is 0.911. The van der Waals surface area contributed by atoms with Crippen molar-refractivity contribution in [1.82, 2.24) is 14.9 Å². The van der Waals surface area contributed by atoms with Crippen LogP contribution in [0.2, 0.25) is 0 Å². The van der Waals surface area contributed by atoms with Gasteiger partial charge in [-0.15, -0.1) is 0 Å². The summed E-state index contributed by atoms with van der Waals surface area (Å²) in [4.78, 5) is 26.1. The first-order valence-electron chi connectivity index (χ1n) is 8.58. The molecular weight excluding hydrogens is 328 g/mol. The zero-order valence-corrected chi connectivity index (χ0v) is 15.3. The van der Waals surface area contributed by atoms with Crippen LogP contribution in [0.15, 0.2) is 24.3 Å². The number of likely N-dealkylation sites (N-methyl/N-ethyl adjacent to an activating group) is 1. The molecule has 7 nitrogen and oxygen atoms in total. The Labute approximate surface area is 153 Å². The van der Waals surface area contributed by atoms with E-state index in [0.717, 1.165) is 37.6 Å². The molecule has 1 aromatic heterocycles. The van der Waals surface area contributed by atoms with Crippen LogP contribution in [0, 0.1) is 25.2 Å². The highest BCUT2D eigenvalue weighted by molar-refractivity contribution is 6.04. The number of rotatable bonds is 3. The van der Waals surface area contributed by atoms with E-state index in [0.29, 0.717) is 22.8 Å². The highest BCUT2D eigenvalue weighted by atomic mass is 16.1. The van der Waals surface area contributed by atoms with Crippen LogP contribution in [0.4, 0.5) is 11.6 Å². The molecule has 0 radical (unpaired) electrons. The van der Waals surface area contributed by atoms with Crippen molar-refractivity contribution in [2.45, 2.75) is 13.8 Å². The Bertz CT molecular complexity index is 824. The second-order valence-electron chi connectivity index (χ2n) is 6.50. The normalized spacial score (nSPS) is 14.8. The summed E-state index contributed by atoms with van der Waals surface area (Å²) < 4.78 is 0. The fraction of sp³-hybridized carbons (Fsp3) is 0.368. The third-order valence-corrected chi connectivity index (χ3v) is 4.56. The lowest BCUT2D eigenvalue weighted by Crippen LogP contribution is -2.45. The first kappa shape index (κ1) is 17.8. The van der Waals surface area contributed by atoms with Gasteiger partial charge >= 0.3 is 0 Å². The second kappa shape index (κ2) is 7.50. The van der Waals surface area contributed by atoms with Crippen LogP contribution < -0.4 is 10.2 Å². The third-order valence-electron chi connectivity index (χ3n) is 4.56. The van der Waals surface area contributed by atoms with Gasteiger partial charge in [0.15, 0.2) is 0 Å². The Morgan fingerprint density at radius 1 is 1.08 bits per heavy atom. The van der Waals surface area contributed by atoms with Crippen molar-refractivity contribution in [1.29, 1.82) is 5.26 Å². The van der Waals surface area contributed by atoms with Crippen molar-refractivity contribution in [2.24, 2.45) is 0 Å². The monoisotopic (exact) mass is 350 g/mol. The summed E-state index contributed by atoms with van der Waals surface area (Å²) in [6.45, 7) is 7.52.